The van der Waals surface area contributed by atoms with Gasteiger partial charge in [-0.3, -0.25) is 14.3 Å². The summed E-state index contributed by atoms with van der Waals surface area (Å²) in [6.45, 7) is 6.72. The van der Waals surface area contributed by atoms with Crippen LogP contribution in [-0.4, -0.2) is 52.1 Å². The molecule has 1 aromatic carbocycles. The van der Waals surface area contributed by atoms with E-state index in [1.807, 2.05) is 28.8 Å². The highest BCUT2D eigenvalue weighted by Gasteiger charge is 2.32. The van der Waals surface area contributed by atoms with Crippen molar-refractivity contribution >= 4 is 10.9 Å². The van der Waals surface area contributed by atoms with Crippen LogP contribution >= 0.6 is 0 Å². The Morgan fingerprint density at radius 2 is 1.78 bits per heavy atom. The van der Waals surface area contributed by atoms with E-state index in [4.69, 9.17) is 4.98 Å². The second-order valence-corrected chi connectivity index (χ2v) is 8.59. The molecule has 2 aliphatic heterocycles. The van der Waals surface area contributed by atoms with Gasteiger partial charge in [0.1, 0.15) is 5.82 Å². The van der Waals surface area contributed by atoms with Crippen molar-refractivity contribution in [2.75, 3.05) is 32.7 Å². The smallest absolute Gasteiger partial charge is 0.261 e. The molecule has 0 amide bonds. The fraction of sp³-hybridized carbons (Fsp3) is 0.636. The molecule has 2 saturated heterocycles. The van der Waals surface area contributed by atoms with E-state index in [1.54, 1.807) is 0 Å². The summed E-state index contributed by atoms with van der Waals surface area (Å²) in [6.07, 6.45) is 7.52. The van der Waals surface area contributed by atoms with Crippen molar-refractivity contribution < 1.29 is 0 Å². The van der Waals surface area contributed by atoms with Gasteiger partial charge >= 0.3 is 0 Å². The topological polar surface area (TPSA) is 41.4 Å². The minimum Gasteiger partial charge on any atom is -0.302 e. The summed E-state index contributed by atoms with van der Waals surface area (Å²) in [7, 11) is 0. The van der Waals surface area contributed by atoms with Crippen LogP contribution < -0.4 is 5.56 Å². The van der Waals surface area contributed by atoms with Crippen LogP contribution in [0.1, 0.15) is 50.4 Å². The zero-order chi connectivity index (χ0) is 18.2. The maximum absolute atomic E-state index is 13.2. The SMILES string of the molecule is O=c1c2ccccc2nc(C2CCCN2CCN2CCCC2)n1CC1CC1. The van der Waals surface area contributed by atoms with Gasteiger partial charge in [0.05, 0.1) is 16.9 Å². The van der Waals surface area contributed by atoms with Gasteiger partial charge in [0, 0.05) is 19.6 Å². The number of hydrogen-bond donors (Lipinski definition) is 0. The van der Waals surface area contributed by atoms with Crippen LogP contribution in [0.3, 0.4) is 0 Å². The molecule has 3 aliphatic rings. The van der Waals surface area contributed by atoms with Gasteiger partial charge in [-0.2, -0.15) is 0 Å². The highest BCUT2D eigenvalue weighted by Crippen LogP contribution is 2.34. The number of nitrogens with zero attached hydrogens (tertiary/aromatic N) is 4. The van der Waals surface area contributed by atoms with Gasteiger partial charge in [-0.15, -0.1) is 0 Å². The minimum atomic E-state index is 0.161. The van der Waals surface area contributed by atoms with Gasteiger partial charge in [0.15, 0.2) is 0 Å². The van der Waals surface area contributed by atoms with Crippen molar-refractivity contribution in [1.29, 1.82) is 0 Å². The third-order valence-electron chi connectivity index (χ3n) is 6.59. The molecule has 1 atom stereocenters. The molecule has 1 aliphatic carbocycles. The predicted molar refractivity (Wildman–Crippen MR) is 108 cm³/mol. The van der Waals surface area contributed by atoms with Crippen LogP contribution in [0, 0.1) is 5.92 Å². The van der Waals surface area contributed by atoms with E-state index in [-0.39, 0.29) is 5.56 Å². The fourth-order valence-electron chi connectivity index (χ4n) is 4.84. The predicted octanol–water partition coefficient (Wildman–Crippen LogP) is 3.04. The van der Waals surface area contributed by atoms with Crippen LogP contribution in [0.25, 0.3) is 10.9 Å². The first-order valence-corrected chi connectivity index (χ1v) is 10.8. The van der Waals surface area contributed by atoms with E-state index in [9.17, 15) is 4.79 Å². The number of hydrogen-bond acceptors (Lipinski definition) is 4. The number of fused-ring (bicyclic) bond motifs is 1. The van der Waals surface area contributed by atoms with Gasteiger partial charge in [-0.05, 0) is 76.2 Å². The Hall–Kier alpha value is -1.72. The molecule has 5 nitrogen and oxygen atoms in total. The lowest BCUT2D eigenvalue weighted by Gasteiger charge is -2.28. The average Bonchev–Trinajstić information content (AvgIpc) is 3.16. The number of benzene rings is 1. The van der Waals surface area contributed by atoms with Gasteiger partial charge in [0.2, 0.25) is 0 Å². The molecule has 0 spiro atoms. The fourth-order valence-corrected chi connectivity index (χ4v) is 4.84. The first kappa shape index (κ1) is 17.4. The summed E-state index contributed by atoms with van der Waals surface area (Å²) in [5.41, 5.74) is 1.02. The van der Waals surface area contributed by atoms with E-state index in [2.05, 4.69) is 9.80 Å². The first-order chi connectivity index (χ1) is 13.3. The van der Waals surface area contributed by atoms with Crippen molar-refractivity contribution in [2.24, 2.45) is 5.92 Å². The summed E-state index contributed by atoms with van der Waals surface area (Å²) in [6, 6.07) is 8.15. The van der Waals surface area contributed by atoms with Crippen LogP contribution in [0.5, 0.6) is 0 Å². The maximum Gasteiger partial charge on any atom is 0.261 e. The molecule has 5 heteroatoms. The minimum absolute atomic E-state index is 0.161. The van der Waals surface area contributed by atoms with Crippen LogP contribution in [0.4, 0.5) is 0 Å². The Kier molecular flexibility index (Phi) is 4.74. The Bertz CT molecular complexity index is 866. The molecule has 27 heavy (non-hydrogen) atoms. The van der Waals surface area contributed by atoms with Crippen molar-refractivity contribution in [3.05, 3.63) is 40.4 Å². The first-order valence-electron chi connectivity index (χ1n) is 10.8. The maximum atomic E-state index is 13.2. The molecular formula is C22H30N4O. The average molecular weight is 367 g/mol. The van der Waals surface area contributed by atoms with Crippen LogP contribution in [-0.2, 0) is 6.54 Å². The lowest BCUT2D eigenvalue weighted by atomic mass is 10.1. The van der Waals surface area contributed by atoms with Gasteiger partial charge in [-0.25, -0.2) is 4.98 Å². The normalized spacial score (nSPS) is 24.2. The molecule has 3 fully saturated rings. The number of aromatic nitrogens is 2. The summed E-state index contributed by atoms with van der Waals surface area (Å²) in [5, 5.41) is 0.767. The van der Waals surface area contributed by atoms with E-state index in [0.717, 1.165) is 49.3 Å². The Morgan fingerprint density at radius 1 is 0.963 bits per heavy atom. The molecular weight excluding hydrogens is 336 g/mol. The number of rotatable bonds is 6. The largest absolute Gasteiger partial charge is 0.302 e. The van der Waals surface area contributed by atoms with Gasteiger partial charge in [-0.1, -0.05) is 12.1 Å². The third kappa shape index (κ3) is 3.55. The van der Waals surface area contributed by atoms with Crippen molar-refractivity contribution in [1.82, 2.24) is 19.4 Å². The zero-order valence-corrected chi connectivity index (χ0v) is 16.1. The molecule has 2 aromatic rings. The second-order valence-electron chi connectivity index (χ2n) is 8.59. The molecule has 3 heterocycles. The number of para-hydroxylation sites is 1. The quantitative estimate of drug-likeness (QED) is 0.788. The van der Waals surface area contributed by atoms with Crippen molar-refractivity contribution in [3.63, 3.8) is 0 Å². The summed E-state index contributed by atoms with van der Waals surface area (Å²) in [4.78, 5) is 23.4. The Balaban J connectivity index is 1.47. The lowest BCUT2D eigenvalue weighted by molar-refractivity contribution is 0.203. The third-order valence-corrected chi connectivity index (χ3v) is 6.59. The standard InChI is InChI=1S/C22H30N4O/c27-22-18-6-1-2-7-19(18)23-21(26(22)16-17-9-10-17)20-8-5-13-25(20)15-14-24-11-3-4-12-24/h1-2,6-7,17,20H,3-5,8-16H2. The van der Waals surface area contributed by atoms with E-state index in [0.29, 0.717) is 12.0 Å². The highest BCUT2D eigenvalue weighted by molar-refractivity contribution is 5.77. The van der Waals surface area contributed by atoms with E-state index >= 15 is 0 Å². The number of likely N-dealkylation sites (tertiary alicyclic amines) is 2. The van der Waals surface area contributed by atoms with Crippen molar-refractivity contribution in [3.8, 4) is 0 Å². The van der Waals surface area contributed by atoms with Gasteiger partial charge < -0.3 is 4.90 Å². The summed E-state index contributed by atoms with van der Waals surface area (Å²) in [5.74, 6) is 1.69. The molecule has 144 valence electrons. The van der Waals surface area contributed by atoms with Crippen LogP contribution in [0.2, 0.25) is 0 Å². The highest BCUT2D eigenvalue weighted by atomic mass is 16.1. The lowest BCUT2D eigenvalue weighted by Crippen LogP contribution is -2.36. The summed E-state index contributed by atoms with van der Waals surface area (Å²) < 4.78 is 2.03. The Labute approximate surface area is 161 Å². The summed E-state index contributed by atoms with van der Waals surface area (Å²) >= 11 is 0. The molecule has 0 radical (unpaired) electrons. The molecule has 0 N–H and O–H groups in total. The monoisotopic (exact) mass is 366 g/mol. The second kappa shape index (κ2) is 7.36. The molecule has 1 aromatic heterocycles. The molecule has 1 saturated carbocycles. The van der Waals surface area contributed by atoms with E-state index in [1.165, 1.54) is 45.2 Å². The van der Waals surface area contributed by atoms with Gasteiger partial charge in [0.25, 0.3) is 5.56 Å². The molecule has 5 rings (SSSR count). The molecule has 0 bridgehead atoms. The molecule has 1 unspecified atom stereocenters. The van der Waals surface area contributed by atoms with Crippen LogP contribution in [0.15, 0.2) is 29.1 Å². The van der Waals surface area contributed by atoms with Crippen molar-refractivity contribution in [2.45, 2.75) is 51.1 Å². The zero-order valence-electron chi connectivity index (χ0n) is 16.1. The van der Waals surface area contributed by atoms with E-state index < -0.39 is 0 Å². The Morgan fingerprint density at radius 3 is 2.59 bits per heavy atom.